The first-order chi connectivity index (χ1) is 10.5. The molecule has 0 aliphatic carbocycles. The summed E-state index contributed by atoms with van der Waals surface area (Å²) in [5.74, 6) is 0.351. The van der Waals surface area contributed by atoms with Gasteiger partial charge in [-0.25, -0.2) is 0 Å². The van der Waals surface area contributed by atoms with E-state index in [0.29, 0.717) is 30.3 Å². The summed E-state index contributed by atoms with van der Waals surface area (Å²) in [6.45, 7) is 5.81. The van der Waals surface area contributed by atoms with E-state index in [9.17, 15) is 9.59 Å². The van der Waals surface area contributed by atoms with Gasteiger partial charge in [0.25, 0.3) is 5.91 Å². The highest BCUT2D eigenvalue weighted by Gasteiger charge is 2.25. The molecule has 1 aromatic rings. The number of nitrogen functional groups attached to an aromatic ring is 1. The molecule has 1 aliphatic rings. The van der Waals surface area contributed by atoms with Gasteiger partial charge in [0.1, 0.15) is 0 Å². The number of carbonyl (C=O) groups is 2. The van der Waals surface area contributed by atoms with Crippen LogP contribution in [0.2, 0.25) is 0 Å². The van der Waals surface area contributed by atoms with Crippen molar-refractivity contribution < 1.29 is 9.59 Å². The Bertz CT molecular complexity index is 542. The molecule has 3 N–H and O–H groups in total. The van der Waals surface area contributed by atoms with Crippen molar-refractivity contribution in [3.63, 3.8) is 0 Å². The van der Waals surface area contributed by atoms with Gasteiger partial charge in [-0.3, -0.25) is 9.59 Å². The molecule has 2 amide bonds. The Morgan fingerprint density at radius 1 is 1.36 bits per heavy atom. The molecule has 2 rings (SSSR count). The molecule has 0 saturated carbocycles. The second-order valence-corrected chi connectivity index (χ2v) is 6.25. The molecule has 0 aromatic heterocycles. The monoisotopic (exact) mass is 303 g/mol. The van der Waals surface area contributed by atoms with Crippen LogP contribution in [0.25, 0.3) is 0 Å². The van der Waals surface area contributed by atoms with Gasteiger partial charge in [-0.05, 0) is 30.9 Å². The summed E-state index contributed by atoms with van der Waals surface area (Å²) in [6, 6.07) is 7.17. The first-order valence-electron chi connectivity index (χ1n) is 7.90. The molecule has 22 heavy (non-hydrogen) atoms. The van der Waals surface area contributed by atoms with Gasteiger partial charge in [0, 0.05) is 31.2 Å². The largest absolute Gasteiger partial charge is 0.398 e. The number of nitrogens with zero attached hydrogens (tertiary/aromatic N) is 1. The number of hydrogen-bond donors (Lipinski definition) is 2. The summed E-state index contributed by atoms with van der Waals surface area (Å²) in [4.78, 5) is 26.1. The third-order valence-corrected chi connectivity index (χ3v) is 4.09. The second-order valence-electron chi connectivity index (χ2n) is 6.25. The molecule has 1 unspecified atom stereocenters. The average Bonchev–Trinajstić information content (AvgIpc) is 2.52. The molecular formula is C17H25N3O2. The van der Waals surface area contributed by atoms with Crippen LogP contribution in [0.3, 0.4) is 0 Å². The van der Waals surface area contributed by atoms with Crippen LogP contribution in [0.5, 0.6) is 0 Å². The minimum atomic E-state index is -0.0158. The van der Waals surface area contributed by atoms with Crippen LogP contribution in [0.4, 0.5) is 5.69 Å². The normalized spacial score (nSPS) is 18.3. The number of nitrogens with one attached hydrogen (secondary N) is 1. The Morgan fingerprint density at radius 3 is 2.77 bits per heavy atom. The lowest BCUT2D eigenvalue weighted by Gasteiger charge is -2.33. The van der Waals surface area contributed by atoms with E-state index in [1.807, 2.05) is 30.9 Å². The van der Waals surface area contributed by atoms with Gasteiger partial charge in [0.2, 0.25) is 5.91 Å². The van der Waals surface area contributed by atoms with Crippen molar-refractivity contribution in [1.82, 2.24) is 10.2 Å². The lowest BCUT2D eigenvalue weighted by Crippen LogP contribution is -2.44. The van der Waals surface area contributed by atoms with E-state index in [-0.39, 0.29) is 17.7 Å². The molecule has 120 valence electrons. The number of likely N-dealkylation sites (tertiary alicyclic amines) is 1. The van der Waals surface area contributed by atoms with E-state index in [4.69, 9.17) is 5.73 Å². The SMILES string of the molecule is CC(C)C(=O)NCC1CCCN(C(=O)c2ccccc2N)C1. The van der Waals surface area contributed by atoms with E-state index < -0.39 is 0 Å². The van der Waals surface area contributed by atoms with Crippen LogP contribution in [-0.2, 0) is 4.79 Å². The molecule has 1 atom stereocenters. The lowest BCUT2D eigenvalue weighted by molar-refractivity contribution is -0.124. The van der Waals surface area contributed by atoms with Gasteiger partial charge >= 0.3 is 0 Å². The van der Waals surface area contributed by atoms with Gasteiger partial charge in [-0.1, -0.05) is 26.0 Å². The van der Waals surface area contributed by atoms with Gasteiger partial charge < -0.3 is 16.0 Å². The zero-order valence-electron chi connectivity index (χ0n) is 13.3. The zero-order valence-corrected chi connectivity index (χ0v) is 13.3. The molecule has 5 nitrogen and oxygen atoms in total. The fourth-order valence-corrected chi connectivity index (χ4v) is 2.73. The summed E-state index contributed by atoms with van der Waals surface area (Å²) in [5.41, 5.74) is 6.97. The van der Waals surface area contributed by atoms with Gasteiger partial charge in [-0.15, -0.1) is 0 Å². The third kappa shape index (κ3) is 4.00. The second kappa shape index (κ2) is 7.29. The highest BCUT2D eigenvalue weighted by Crippen LogP contribution is 2.20. The van der Waals surface area contributed by atoms with Crippen LogP contribution in [-0.4, -0.2) is 36.3 Å². The molecule has 1 aromatic carbocycles. The summed E-state index contributed by atoms with van der Waals surface area (Å²) in [7, 11) is 0. The van der Waals surface area contributed by atoms with Gasteiger partial charge in [-0.2, -0.15) is 0 Å². The van der Waals surface area contributed by atoms with Crippen molar-refractivity contribution in [3.8, 4) is 0 Å². The Balaban J connectivity index is 1.94. The number of benzene rings is 1. The Morgan fingerprint density at radius 2 is 2.09 bits per heavy atom. The lowest BCUT2D eigenvalue weighted by atomic mass is 9.97. The average molecular weight is 303 g/mol. The highest BCUT2D eigenvalue weighted by atomic mass is 16.2. The van der Waals surface area contributed by atoms with E-state index in [1.165, 1.54) is 0 Å². The van der Waals surface area contributed by atoms with Crippen LogP contribution < -0.4 is 11.1 Å². The number of amides is 2. The van der Waals surface area contributed by atoms with Crippen molar-refractivity contribution in [2.45, 2.75) is 26.7 Å². The molecule has 0 spiro atoms. The molecule has 1 fully saturated rings. The van der Waals surface area contributed by atoms with E-state index >= 15 is 0 Å². The van der Waals surface area contributed by atoms with Crippen LogP contribution >= 0.6 is 0 Å². The molecule has 0 radical (unpaired) electrons. The van der Waals surface area contributed by atoms with Crippen LogP contribution in [0, 0.1) is 11.8 Å². The number of rotatable bonds is 4. The minimum absolute atomic E-state index is 0.00885. The van der Waals surface area contributed by atoms with Crippen LogP contribution in [0.1, 0.15) is 37.0 Å². The Hall–Kier alpha value is -2.04. The maximum atomic E-state index is 12.6. The Kier molecular flexibility index (Phi) is 5.41. The van der Waals surface area contributed by atoms with Crippen molar-refractivity contribution in [1.29, 1.82) is 0 Å². The number of hydrogen-bond acceptors (Lipinski definition) is 3. The van der Waals surface area contributed by atoms with Crippen molar-refractivity contribution >= 4 is 17.5 Å². The quantitative estimate of drug-likeness (QED) is 0.834. The van der Waals surface area contributed by atoms with Crippen molar-refractivity contribution in [2.75, 3.05) is 25.4 Å². The highest BCUT2D eigenvalue weighted by molar-refractivity contribution is 5.99. The maximum absolute atomic E-state index is 12.6. The van der Waals surface area contributed by atoms with Gasteiger partial charge in [0.15, 0.2) is 0 Å². The predicted molar refractivity (Wildman–Crippen MR) is 87.3 cm³/mol. The number of nitrogens with two attached hydrogens (primary N) is 1. The minimum Gasteiger partial charge on any atom is -0.398 e. The van der Waals surface area contributed by atoms with Crippen molar-refractivity contribution in [2.24, 2.45) is 11.8 Å². The van der Waals surface area contributed by atoms with Crippen LogP contribution in [0.15, 0.2) is 24.3 Å². The number of para-hydroxylation sites is 1. The molecule has 1 heterocycles. The standard InChI is InChI=1S/C17H25N3O2/c1-12(2)16(21)19-10-13-6-5-9-20(11-13)17(22)14-7-3-4-8-15(14)18/h3-4,7-8,12-13H,5-6,9-11,18H2,1-2H3,(H,19,21). The predicted octanol–water partition coefficient (Wildman–Crippen LogP) is 1.89. The first kappa shape index (κ1) is 16.3. The number of anilines is 1. The number of carbonyl (C=O) groups excluding carboxylic acids is 2. The van der Waals surface area contributed by atoms with Crippen molar-refractivity contribution in [3.05, 3.63) is 29.8 Å². The molecule has 5 heteroatoms. The summed E-state index contributed by atoms with van der Waals surface area (Å²) >= 11 is 0. The fraction of sp³-hybridized carbons (Fsp3) is 0.529. The summed E-state index contributed by atoms with van der Waals surface area (Å²) < 4.78 is 0. The summed E-state index contributed by atoms with van der Waals surface area (Å²) in [5, 5.41) is 2.96. The molecule has 1 saturated heterocycles. The maximum Gasteiger partial charge on any atom is 0.255 e. The summed E-state index contributed by atoms with van der Waals surface area (Å²) in [6.07, 6.45) is 1.99. The first-order valence-corrected chi connectivity index (χ1v) is 7.90. The molecule has 0 bridgehead atoms. The smallest absolute Gasteiger partial charge is 0.255 e. The number of piperidine rings is 1. The Labute approximate surface area is 131 Å². The fourth-order valence-electron chi connectivity index (χ4n) is 2.73. The van der Waals surface area contributed by atoms with E-state index in [2.05, 4.69) is 5.32 Å². The molecular weight excluding hydrogens is 278 g/mol. The zero-order chi connectivity index (χ0) is 16.1. The topological polar surface area (TPSA) is 75.4 Å². The molecule has 1 aliphatic heterocycles. The van der Waals surface area contributed by atoms with Gasteiger partial charge in [0.05, 0.1) is 5.56 Å². The van der Waals surface area contributed by atoms with E-state index in [1.54, 1.807) is 12.1 Å². The van der Waals surface area contributed by atoms with E-state index in [0.717, 1.165) is 19.4 Å². The third-order valence-electron chi connectivity index (χ3n) is 4.09.